The summed E-state index contributed by atoms with van der Waals surface area (Å²) < 4.78 is 0. The van der Waals surface area contributed by atoms with E-state index >= 15 is 0 Å². The van der Waals surface area contributed by atoms with Crippen molar-refractivity contribution in [2.24, 2.45) is 0 Å². The lowest BCUT2D eigenvalue weighted by Gasteiger charge is -2.27. The minimum absolute atomic E-state index is 0.00914. The molecule has 2 heterocycles. The Bertz CT molecular complexity index is 336. The normalized spacial score (nSPS) is 16.6. The maximum atomic E-state index is 11.1. The van der Waals surface area contributed by atoms with Gasteiger partial charge in [0.2, 0.25) is 5.91 Å². The molecule has 1 aromatic rings. The smallest absolute Gasteiger partial charge is 0.239 e. The van der Waals surface area contributed by atoms with E-state index in [2.05, 4.69) is 15.3 Å². The molecule has 1 aliphatic rings. The van der Waals surface area contributed by atoms with Crippen LogP contribution in [0.2, 0.25) is 0 Å². The van der Waals surface area contributed by atoms with Crippen LogP contribution in [0.3, 0.4) is 0 Å². The number of hydrogen-bond acceptors (Lipinski definition) is 5. The summed E-state index contributed by atoms with van der Waals surface area (Å²) in [6.07, 6.45) is 3.07. The zero-order chi connectivity index (χ0) is 9.97. The summed E-state index contributed by atoms with van der Waals surface area (Å²) in [5, 5.41) is 2.74. The zero-order valence-electron chi connectivity index (χ0n) is 7.60. The molecule has 0 aromatic carbocycles. The predicted molar refractivity (Wildman–Crippen MR) is 51.7 cm³/mol. The number of carbonyl (C=O) groups excluding carboxylic acids is 1. The van der Waals surface area contributed by atoms with Crippen LogP contribution in [-0.2, 0) is 4.79 Å². The number of nitrogen functional groups attached to an aromatic ring is 1. The van der Waals surface area contributed by atoms with Gasteiger partial charge in [0.15, 0.2) is 0 Å². The highest BCUT2D eigenvalue weighted by molar-refractivity contribution is 5.82. The summed E-state index contributed by atoms with van der Waals surface area (Å²) in [4.78, 5) is 21.0. The van der Waals surface area contributed by atoms with E-state index < -0.39 is 0 Å². The van der Waals surface area contributed by atoms with Crippen LogP contribution in [0.4, 0.5) is 11.6 Å². The fourth-order valence-electron chi connectivity index (χ4n) is 1.33. The molecule has 0 radical (unpaired) electrons. The quantitative estimate of drug-likeness (QED) is 0.597. The van der Waals surface area contributed by atoms with Gasteiger partial charge in [-0.15, -0.1) is 0 Å². The highest BCUT2D eigenvalue weighted by Gasteiger charge is 2.17. The van der Waals surface area contributed by atoms with Crippen LogP contribution in [0.1, 0.15) is 0 Å². The molecule has 0 bridgehead atoms. The molecule has 1 saturated heterocycles. The maximum Gasteiger partial charge on any atom is 0.239 e. The number of nitrogens with zero attached hydrogens (tertiary/aromatic N) is 3. The van der Waals surface area contributed by atoms with E-state index in [0.717, 1.165) is 6.54 Å². The predicted octanol–water partition coefficient (Wildman–Crippen LogP) is -1.01. The van der Waals surface area contributed by atoms with Crippen LogP contribution < -0.4 is 16.0 Å². The minimum atomic E-state index is 0.00914. The van der Waals surface area contributed by atoms with Crippen LogP contribution in [0, 0.1) is 0 Å². The Morgan fingerprint density at radius 1 is 1.43 bits per heavy atom. The van der Waals surface area contributed by atoms with Crippen LogP contribution in [-0.4, -0.2) is 35.5 Å². The fraction of sp³-hybridized carbons (Fsp3) is 0.375. The van der Waals surface area contributed by atoms with Crippen molar-refractivity contribution >= 4 is 17.5 Å². The minimum Gasteiger partial charge on any atom is -0.382 e. The monoisotopic (exact) mass is 193 g/mol. The summed E-state index contributed by atoms with van der Waals surface area (Å²) >= 11 is 0. The SMILES string of the molecule is Nc1cnc(N2CCNC(=O)C2)cn1. The number of rotatable bonds is 1. The molecule has 1 aliphatic heterocycles. The first-order valence-corrected chi connectivity index (χ1v) is 4.35. The Morgan fingerprint density at radius 3 is 2.93 bits per heavy atom. The van der Waals surface area contributed by atoms with E-state index in [4.69, 9.17) is 5.73 Å². The first-order valence-electron chi connectivity index (χ1n) is 4.35. The maximum absolute atomic E-state index is 11.1. The van der Waals surface area contributed by atoms with Gasteiger partial charge in [-0.3, -0.25) is 4.79 Å². The molecular formula is C8H11N5O. The number of hydrogen-bond donors (Lipinski definition) is 2. The molecule has 0 spiro atoms. The van der Waals surface area contributed by atoms with Gasteiger partial charge in [0.25, 0.3) is 0 Å². The van der Waals surface area contributed by atoms with Crippen molar-refractivity contribution in [1.82, 2.24) is 15.3 Å². The van der Waals surface area contributed by atoms with Crippen molar-refractivity contribution in [2.45, 2.75) is 0 Å². The fourth-order valence-corrected chi connectivity index (χ4v) is 1.33. The molecule has 3 N–H and O–H groups in total. The van der Waals surface area contributed by atoms with Crippen molar-refractivity contribution in [3.8, 4) is 0 Å². The second-order valence-corrected chi connectivity index (χ2v) is 3.07. The molecule has 2 rings (SSSR count). The van der Waals surface area contributed by atoms with Crippen molar-refractivity contribution < 1.29 is 4.79 Å². The zero-order valence-corrected chi connectivity index (χ0v) is 7.60. The summed E-state index contributed by atoms with van der Waals surface area (Å²) in [7, 11) is 0. The van der Waals surface area contributed by atoms with Gasteiger partial charge in [0.1, 0.15) is 11.6 Å². The van der Waals surface area contributed by atoms with Gasteiger partial charge >= 0.3 is 0 Å². The number of nitrogens with two attached hydrogens (primary N) is 1. The van der Waals surface area contributed by atoms with Gasteiger partial charge in [0.05, 0.1) is 18.9 Å². The van der Waals surface area contributed by atoms with Gasteiger partial charge in [-0.25, -0.2) is 9.97 Å². The number of amides is 1. The van der Waals surface area contributed by atoms with Crippen molar-refractivity contribution in [3.05, 3.63) is 12.4 Å². The topological polar surface area (TPSA) is 84.1 Å². The number of aromatic nitrogens is 2. The molecule has 0 aliphatic carbocycles. The molecule has 74 valence electrons. The van der Waals surface area contributed by atoms with Crippen LogP contribution in [0.25, 0.3) is 0 Å². The Kier molecular flexibility index (Phi) is 2.18. The standard InChI is InChI=1S/C8H11N5O/c9-6-3-12-7(4-11-6)13-2-1-10-8(14)5-13/h3-4H,1-2,5H2,(H2,9,11)(H,10,14). The lowest BCUT2D eigenvalue weighted by atomic mass is 10.3. The third-order valence-electron chi connectivity index (χ3n) is 2.02. The summed E-state index contributed by atoms with van der Waals surface area (Å²) in [6.45, 7) is 1.73. The van der Waals surface area contributed by atoms with Crippen LogP contribution in [0.15, 0.2) is 12.4 Å². The van der Waals surface area contributed by atoms with E-state index in [-0.39, 0.29) is 5.91 Å². The highest BCUT2D eigenvalue weighted by Crippen LogP contribution is 2.09. The van der Waals surface area contributed by atoms with Crippen LogP contribution >= 0.6 is 0 Å². The number of anilines is 2. The van der Waals surface area contributed by atoms with Gasteiger partial charge in [-0.2, -0.15) is 0 Å². The van der Waals surface area contributed by atoms with E-state index in [1.54, 1.807) is 6.20 Å². The average Bonchev–Trinajstić information content (AvgIpc) is 2.19. The second-order valence-electron chi connectivity index (χ2n) is 3.07. The van der Waals surface area contributed by atoms with Crippen LogP contribution in [0.5, 0.6) is 0 Å². The second kappa shape index (κ2) is 3.49. The molecule has 0 unspecified atom stereocenters. The Balaban J connectivity index is 2.14. The summed E-state index contributed by atoms with van der Waals surface area (Å²) in [5.41, 5.74) is 5.41. The number of nitrogens with one attached hydrogen (secondary N) is 1. The molecule has 0 atom stereocenters. The van der Waals surface area contributed by atoms with Gasteiger partial charge in [0, 0.05) is 13.1 Å². The lowest BCUT2D eigenvalue weighted by Crippen LogP contribution is -2.48. The first-order chi connectivity index (χ1) is 6.75. The molecule has 14 heavy (non-hydrogen) atoms. The van der Waals surface area contributed by atoms with E-state index in [0.29, 0.717) is 24.7 Å². The lowest BCUT2D eigenvalue weighted by molar-refractivity contribution is -0.120. The highest BCUT2D eigenvalue weighted by atomic mass is 16.2. The van der Waals surface area contributed by atoms with Gasteiger partial charge < -0.3 is 16.0 Å². The molecule has 1 amide bonds. The van der Waals surface area contributed by atoms with Crippen molar-refractivity contribution in [3.63, 3.8) is 0 Å². The molecule has 1 fully saturated rings. The molecule has 1 aromatic heterocycles. The Labute approximate surface area is 81.1 Å². The summed E-state index contributed by atoms with van der Waals surface area (Å²) in [6, 6.07) is 0. The Morgan fingerprint density at radius 2 is 2.29 bits per heavy atom. The molecule has 6 heteroatoms. The molecular weight excluding hydrogens is 182 g/mol. The number of piperazine rings is 1. The molecule has 0 saturated carbocycles. The van der Waals surface area contributed by atoms with Gasteiger partial charge in [-0.05, 0) is 0 Å². The number of carbonyl (C=O) groups is 1. The van der Waals surface area contributed by atoms with Gasteiger partial charge in [-0.1, -0.05) is 0 Å². The largest absolute Gasteiger partial charge is 0.382 e. The average molecular weight is 193 g/mol. The summed E-state index contributed by atoms with van der Waals surface area (Å²) in [5.74, 6) is 1.08. The van der Waals surface area contributed by atoms with E-state index in [1.165, 1.54) is 6.20 Å². The third kappa shape index (κ3) is 1.73. The Hall–Kier alpha value is -1.85. The van der Waals surface area contributed by atoms with Crippen molar-refractivity contribution in [1.29, 1.82) is 0 Å². The van der Waals surface area contributed by atoms with E-state index in [1.807, 2.05) is 4.90 Å². The third-order valence-corrected chi connectivity index (χ3v) is 2.02. The van der Waals surface area contributed by atoms with Crippen molar-refractivity contribution in [2.75, 3.05) is 30.3 Å². The van der Waals surface area contributed by atoms with E-state index in [9.17, 15) is 4.79 Å². The first kappa shape index (κ1) is 8.74. The molecule has 6 nitrogen and oxygen atoms in total.